The maximum absolute atomic E-state index is 12.6. The van der Waals surface area contributed by atoms with Crippen LogP contribution in [0.1, 0.15) is 50.2 Å². The van der Waals surface area contributed by atoms with Crippen molar-refractivity contribution >= 4 is 6.03 Å². The first-order chi connectivity index (χ1) is 12.5. The Hall–Kier alpha value is -1.59. The van der Waals surface area contributed by atoms with Gasteiger partial charge in [-0.05, 0) is 44.6 Å². The van der Waals surface area contributed by atoms with E-state index in [0.29, 0.717) is 32.4 Å². The van der Waals surface area contributed by atoms with Crippen LogP contribution >= 0.6 is 0 Å². The normalized spacial score (nSPS) is 25.7. The van der Waals surface area contributed by atoms with Crippen molar-refractivity contribution in [2.24, 2.45) is 0 Å². The molecule has 0 aromatic heterocycles. The van der Waals surface area contributed by atoms with Crippen molar-refractivity contribution < 1.29 is 14.6 Å². The van der Waals surface area contributed by atoms with Crippen LogP contribution in [0.3, 0.4) is 0 Å². The Morgan fingerprint density at radius 3 is 2.85 bits per heavy atom. The van der Waals surface area contributed by atoms with Gasteiger partial charge < -0.3 is 20.1 Å². The first kappa shape index (κ1) is 19.2. The lowest BCUT2D eigenvalue weighted by atomic mass is 9.85. The summed E-state index contributed by atoms with van der Waals surface area (Å²) in [6, 6.07) is 8.51. The molecular weight excluding hydrogens is 328 g/mol. The first-order valence-corrected chi connectivity index (χ1v) is 9.92. The Labute approximate surface area is 156 Å². The minimum atomic E-state index is -0.712. The van der Waals surface area contributed by atoms with Crippen LogP contribution in [0, 0.1) is 6.92 Å². The molecule has 1 aromatic rings. The fraction of sp³-hybridized carbons (Fsp3) is 0.667. The number of ether oxygens (including phenoxy) is 1. The smallest absolute Gasteiger partial charge is 0.317 e. The number of carbonyl (C=O) groups excluding carboxylic acids is 1. The molecule has 0 saturated carbocycles. The maximum Gasteiger partial charge on any atom is 0.317 e. The summed E-state index contributed by atoms with van der Waals surface area (Å²) in [4.78, 5) is 14.4. The van der Waals surface area contributed by atoms with Crippen molar-refractivity contribution in [1.82, 2.24) is 10.2 Å². The predicted molar refractivity (Wildman–Crippen MR) is 102 cm³/mol. The van der Waals surface area contributed by atoms with Gasteiger partial charge in [-0.2, -0.15) is 0 Å². The molecule has 2 amide bonds. The number of hydrogen-bond donors (Lipinski definition) is 2. The third-order valence-electron chi connectivity index (χ3n) is 5.75. The fourth-order valence-corrected chi connectivity index (χ4v) is 4.07. The standard InChI is InChI=1S/C21H32N2O3/c1-3-19-14-18(7-12-26-19)22-20(24)23-10-8-21(25,9-11-23)15-17-6-4-5-16(2)13-17/h4-6,13,18-19,25H,3,7-12,14-15H2,1-2H3,(H,22,24). The number of carbonyl (C=O) groups is 1. The van der Waals surface area contributed by atoms with Crippen LogP contribution in [0.5, 0.6) is 0 Å². The number of urea groups is 1. The molecule has 2 saturated heterocycles. The monoisotopic (exact) mass is 360 g/mol. The third kappa shape index (κ3) is 4.98. The molecule has 0 bridgehead atoms. The zero-order valence-electron chi connectivity index (χ0n) is 16.0. The average Bonchev–Trinajstić information content (AvgIpc) is 2.62. The number of nitrogens with one attached hydrogen (secondary N) is 1. The number of hydrogen-bond acceptors (Lipinski definition) is 3. The van der Waals surface area contributed by atoms with Crippen LogP contribution in [0.2, 0.25) is 0 Å². The Bertz CT molecular complexity index is 611. The van der Waals surface area contributed by atoms with Crippen molar-refractivity contribution in [2.45, 2.75) is 70.1 Å². The van der Waals surface area contributed by atoms with Gasteiger partial charge in [0.05, 0.1) is 11.7 Å². The predicted octanol–water partition coefficient (Wildman–Crippen LogP) is 3.03. The second-order valence-electron chi connectivity index (χ2n) is 7.95. The number of amides is 2. The minimum absolute atomic E-state index is 0.00404. The van der Waals surface area contributed by atoms with E-state index in [1.165, 1.54) is 11.1 Å². The number of piperidine rings is 1. The van der Waals surface area contributed by atoms with Crippen LogP contribution < -0.4 is 5.32 Å². The molecule has 2 unspecified atom stereocenters. The highest BCUT2D eigenvalue weighted by Crippen LogP contribution is 2.27. The molecule has 5 heteroatoms. The summed E-state index contributed by atoms with van der Waals surface area (Å²) < 4.78 is 5.68. The van der Waals surface area contributed by atoms with Crippen LogP contribution in [-0.4, -0.2) is 53.5 Å². The van der Waals surface area contributed by atoms with Crippen molar-refractivity contribution in [3.05, 3.63) is 35.4 Å². The molecule has 2 atom stereocenters. The van der Waals surface area contributed by atoms with Gasteiger partial charge in [0.2, 0.25) is 0 Å². The Balaban J connectivity index is 1.48. The van der Waals surface area contributed by atoms with Gasteiger partial charge in [0, 0.05) is 32.2 Å². The van der Waals surface area contributed by atoms with E-state index < -0.39 is 5.60 Å². The zero-order chi connectivity index (χ0) is 18.6. The zero-order valence-corrected chi connectivity index (χ0v) is 16.0. The summed E-state index contributed by atoms with van der Waals surface area (Å²) in [5.41, 5.74) is 1.67. The molecule has 144 valence electrons. The van der Waals surface area contributed by atoms with Gasteiger partial charge in [-0.15, -0.1) is 0 Å². The number of likely N-dealkylation sites (tertiary alicyclic amines) is 1. The van der Waals surface area contributed by atoms with Gasteiger partial charge in [0.25, 0.3) is 0 Å². The van der Waals surface area contributed by atoms with Crippen LogP contribution in [0.25, 0.3) is 0 Å². The molecule has 26 heavy (non-hydrogen) atoms. The lowest BCUT2D eigenvalue weighted by Gasteiger charge is -2.39. The molecule has 0 aliphatic carbocycles. The summed E-state index contributed by atoms with van der Waals surface area (Å²) >= 11 is 0. The quantitative estimate of drug-likeness (QED) is 0.868. The Kier molecular flexibility index (Phi) is 6.20. The van der Waals surface area contributed by atoms with E-state index in [0.717, 1.165) is 25.9 Å². The first-order valence-electron chi connectivity index (χ1n) is 9.92. The lowest BCUT2D eigenvalue weighted by Crippen LogP contribution is -2.53. The molecule has 5 nitrogen and oxygen atoms in total. The highest BCUT2D eigenvalue weighted by molar-refractivity contribution is 5.74. The molecule has 0 radical (unpaired) electrons. The van der Waals surface area contributed by atoms with Gasteiger partial charge in [-0.1, -0.05) is 36.8 Å². The average molecular weight is 360 g/mol. The van der Waals surface area contributed by atoms with E-state index in [-0.39, 0.29) is 18.2 Å². The lowest BCUT2D eigenvalue weighted by molar-refractivity contribution is -0.0145. The van der Waals surface area contributed by atoms with Crippen LogP contribution in [-0.2, 0) is 11.2 Å². The van der Waals surface area contributed by atoms with Gasteiger partial charge in [0.15, 0.2) is 0 Å². The Morgan fingerprint density at radius 1 is 1.38 bits per heavy atom. The number of aliphatic hydroxyl groups is 1. The molecular formula is C21H32N2O3. The summed E-state index contributed by atoms with van der Waals surface area (Å²) in [7, 11) is 0. The number of aryl methyl sites for hydroxylation is 1. The molecule has 2 fully saturated rings. The largest absolute Gasteiger partial charge is 0.389 e. The molecule has 2 N–H and O–H groups in total. The summed E-state index contributed by atoms with van der Waals surface area (Å²) in [6.45, 7) is 6.12. The van der Waals surface area contributed by atoms with Crippen molar-refractivity contribution in [1.29, 1.82) is 0 Å². The highest BCUT2D eigenvalue weighted by atomic mass is 16.5. The Morgan fingerprint density at radius 2 is 2.15 bits per heavy atom. The van der Waals surface area contributed by atoms with Crippen molar-refractivity contribution in [2.75, 3.05) is 19.7 Å². The SMILES string of the molecule is CCC1CC(NC(=O)N2CCC(O)(Cc3cccc(C)c3)CC2)CCO1. The molecule has 2 heterocycles. The van der Waals surface area contributed by atoms with E-state index in [1.54, 1.807) is 0 Å². The maximum atomic E-state index is 12.6. The topological polar surface area (TPSA) is 61.8 Å². The highest BCUT2D eigenvalue weighted by Gasteiger charge is 2.34. The van der Waals surface area contributed by atoms with Crippen LogP contribution in [0.4, 0.5) is 4.79 Å². The fourth-order valence-electron chi connectivity index (χ4n) is 4.07. The van der Waals surface area contributed by atoms with Crippen molar-refractivity contribution in [3.8, 4) is 0 Å². The van der Waals surface area contributed by atoms with Gasteiger partial charge in [-0.3, -0.25) is 0 Å². The number of nitrogens with zero attached hydrogens (tertiary/aromatic N) is 1. The molecule has 2 aliphatic rings. The van der Waals surface area contributed by atoms with Crippen molar-refractivity contribution in [3.63, 3.8) is 0 Å². The minimum Gasteiger partial charge on any atom is -0.389 e. The van der Waals surface area contributed by atoms with E-state index in [9.17, 15) is 9.90 Å². The van der Waals surface area contributed by atoms with Gasteiger partial charge >= 0.3 is 6.03 Å². The third-order valence-corrected chi connectivity index (χ3v) is 5.75. The van der Waals surface area contributed by atoms with Crippen LogP contribution in [0.15, 0.2) is 24.3 Å². The van der Waals surface area contributed by atoms with E-state index in [4.69, 9.17) is 4.74 Å². The van der Waals surface area contributed by atoms with E-state index >= 15 is 0 Å². The summed E-state index contributed by atoms with van der Waals surface area (Å²) in [5.74, 6) is 0. The molecule has 3 rings (SSSR count). The van der Waals surface area contributed by atoms with Gasteiger partial charge in [-0.25, -0.2) is 4.79 Å². The molecule has 0 spiro atoms. The molecule has 1 aromatic carbocycles. The number of benzene rings is 1. The second-order valence-corrected chi connectivity index (χ2v) is 7.95. The molecule has 2 aliphatic heterocycles. The summed E-state index contributed by atoms with van der Waals surface area (Å²) in [6.07, 6.45) is 4.93. The number of rotatable bonds is 4. The van der Waals surface area contributed by atoms with E-state index in [1.807, 2.05) is 11.0 Å². The van der Waals surface area contributed by atoms with E-state index in [2.05, 4.69) is 37.4 Å². The second kappa shape index (κ2) is 8.40. The summed E-state index contributed by atoms with van der Waals surface area (Å²) in [5, 5.41) is 14.1. The van der Waals surface area contributed by atoms with Gasteiger partial charge in [0.1, 0.15) is 0 Å².